The first-order valence-corrected chi connectivity index (χ1v) is 12.6. The van der Waals surface area contributed by atoms with Crippen molar-refractivity contribution in [1.29, 1.82) is 0 Å². The Bertz CT molecular complexity index is 1400. The number of carbonyl (C=O) groups is 1. The Morgan fingerprint density at radius 2 is 1.74 bits per heavy atom. The third kappa shape index (κ3) is 4.76. The number of carboxylic acid groups (broad SMARTS) is 1. The Labute approximate surface area is 220 Å². The number of ether oxygens (including phenoxy) is 1. The molecule has 1 fully saturated rings. The molecule has 5 rings (SSSR count). The molecule has 0 spiro atoms. The van der Waals surface area contributed by atoms with Crippen LogP contribution in [0.5, 0.6) is 5.75 Å². The van der Waals surface area contributed by atoms with Gasteiger partial charge in [-0.3, -0.25) is 4.79 Å². The van der Waals surface area contributed by atoms with Crippen LogP contribution in [0.25, 0.3) is 0 Å². The molecule has 0 amide bonds. The first-order valence-electron chi connectivity index (χ1n) is 12.6. The molecule has 3 aromatic rings. The Morgan fingerprint density at radius 3 is 2.42 bits per heavy atom. The van der Waals surface area contributed by atoms with Crippen LogP contribution in [-0.4, -0.2) is 55.2 Å². The van der Waals surface area contributed by atoms with Crippen molar-refractivity contribution in [2.75, 3.05) is 43.1 Å². The second-order valence-electron chi connectivity index (χ2n) is 9.66. The van der Waals surface area contributed by atoms with E-state index in [1.807, 2.05) is 36.1 Å². The van der Waals surface area contributed by atoms with Crippen LogP contribution in [0.1, 0.15) is 29.2 Å². The maximum Gasteiger partial charge on any atom is 0.305 e. The molecule has 0 aromatic heterocycles. The molecule has 38 heavy (non-hydrogen) atoms. The zero-order valence-corrected chi connectivity index (χ0v) is 21.6. The van der Waals surface area contributed by atoms with Crippen molar-refractivity contribution in [3.8, 4) is 5.75 Å². The number of rotatable bonds is 5. The summed E-state index contributed by atoms with van der Waals surface area (Å²) < 4.78 is 34.6. The number of aliphatic carboxylic acids is 1. The Balaban J connectivity index is 1.57. The van der Waals surface area contributed by atoms with Crippen molar-refractivity contribution in [1.82, 2.24) is 4.90 Å². The second kappa shape index (κ2) is 10.3. The highest BCUT2D eigenvalue weighted by molar-refractivity contribution is 6.02. The lowest BCUT2D eigenvalue weighted by atomic mass is 9.96. The van der Waals surface area contributed by atoms with Crippen molar-refractivity contribution in [3.63, 3.8) is 0 Å². The molecule has 1 saturated heterocycles. The number of hydrogen-bond acceptors (Lipinski definition) is 6. The van der Waals surface area contributed by atoms with Gasteiger partial charge in [0.05, 0.1) is 25.3 Å². The van der Waals surface area contributed by atoms with Gasteiger partial charge < -0.3 is 24.5 Å². The van der Waals surface area contributed by atoms with Gasteiger partial charge in [-0.05, 0) is 61.4 Å². The molecule has 0 bridgehead atoms. The van der Waals surface area contributed by atoms with E-state index in [0.29, 0.717) is 54.7 Å². The molecular weight excluding hydrogens is 490 g/mol. The maximum atomic E-state index is 15.1. The average Bonchev–Trinajstić information content (AvgIpc) is 2.90. The van der Waals surface area contributed by atoms with Gasteiger partial charge in [-0.1, -0.05) is 18.2 Å². The minimum Gasteiger partial charge on any atom is -0.495 e. The van der Waals surface area contributed by atoms with Crippen molar-refractivity contribution in [3.05, 3.63) is 82.9 Å². The van der Waals surface area contributed by atoms with Gasteiger partial charge in [0.25, 0.3) is 0 Å². The SMILES string of the molecule is COc1ccc(C)cc1N1C(N2CCN(c3ccc(F)c(C)c3)CC2)=Nc2c(F)cccc2C1CC(=O)O. The number of carboxylic acids is 1. The normalized spacial score (nSPS) is 17.2. The summed E-state index contributed by atoms with van der Waals surface area (Å²) in [6, 6.07) is 14.7. The number of fused-ring (bicyclic) bond motifs is 1. The highest BCUT2D eigenvalue weighted by Crippen LogP contribution is 2.44. The van der Waals surface area contributed by atoms with Crippen LogP contribution < -0.4 is 14.5 Å². The van der Waals surface area contributed by atoms with E-state index in [-0.39, 0.29) is 17.9 Å². The number of methoxy groups -OCH3 is 1. The predicted molar refractivity (Wildman–Crippen MR) is 144 cm³/mol. The smallest absolute Gasteiger partial charge is 0.305 e. The largest absolute Gasteiger partial charge is 0.495 e. The quantitative estimate of drug-likeness (QED) is 0.484. The Morgan fingerprint density at radius 1 is 1.00 bits per heavy atom. The number of anilines is 2. The number of hydrogen-bond donors (Lipinski definition) is 1. The van der Waals surface area contributed by atoms with Gasteiger partial charge in [0.1, 0.15) is 23.1 Å². The van der Waals surface area contributed by atoms with Crippen molar-refractivity contribution < 1.29 is 23.4 Å². The minimum absolute atomic E-state index is 0.160. The summed E-state index contributed by atoms with van der Waals surface area (Å²) >= 11 is 0. The summed E-state index contributed by atoms with van der Waals surface area (Å²) in [6.07, 6.45) is -0.249. The number of halogens is 2. The molecule has 1 atom stereocenters. The summed E-state index contributed by atoms with van der Waals surface area (Å²) in [4.78, 5) is 22.9. The topological polar surface area (TPSA) is 68.6 Å². The molecule has 1 N–H and O–H groups in total. The lowest BCUT2D eigenvalue weighted by Gasteiger charge is -2.45. The van der Waals surface area contributed by atoms with Gasteiger partial charge in [-0.15, -0.1) is 0 Å². The van der Waals surface area contributed by atoms with Gasteiger partial charge >= 0.3 is 5.97 Å². The molecule has 2 heterocycles. The summed E-state index contributed by atoms with van der Waals surface area (Å²) in [5.41, 5.74) is 3.84. The summed E-state index contributed by atoms with van der Waals surface area (Å²) in [6.45, 7) is 6.08. The Kier molecular flexibility index (Phi) is 6.93. The molecule has 2 aliphatic heterocycles. The molecule has 198 valence electrons. The predicted octanol–water partition coefficient (Wildman–Crippen LogP) is 5.44. The van der Waals surface area contributed by atoms with Gasteiger partial charge in [0, 0.05) is 37.4 Å². The maximum absolute atomic E-state index is 15.1. The van der Waals surface area contributed by atoms with Crippen molar-refractivity contribution >= 4 is 29.0 Å². The van der Waals surface area contributed by atoms with Gasteiger partial charge in [0.2, 0.25) is 5.96 Å². The first-order chi connectivity index (χ1) is 18.3. The molecule has 0 saturated carbocycles. The third-order valence-electron chi connectivity index (χ3n) is 7.15. The molecule has 0 aliphatic carbocycles. The average molecular weight is 521 g/mol. The number of benzene rings is 3. The highest BCUT2D eigenvalue weighted by Gasteiger charge is 2.38. The van der Waals surface area contributed by atoms with Crippen LogP contribution in [-0.2, 0) is 4.79 Å². The number of aryl methyl sites for hydroxylation is 2. The van der Waals surface area contributed by atoms with Crippen molar-refractivity contribution in [2.45, 2.75) is 26.3 Å². The van der Waals surface area contributed by atoms with E-state index in [9.17, 15) is 14.3 Å². The highest BCUT2D eigenvalue weighted by atomic mass is 19.1. The first kappa shape index (κ1) is 25.5. The molecule has 9 heteroatoms. The van der Waals surface area contributed by atoms with E-state index in [4.69, 9.17) is 9.73 Å². The Hall–Kier alpha value is -4.14. The molecule has 7 nitrogen and oxygen atoms in total. The molecular formula is C29H30F2N4O3. The van der Waals surface area contributed by atoms with Crippen LogP contribution in [0.3, 0.4) is 0 Å². The summed E-state index contributed by atoms with van der Waals surface area (Å²) in [7, 11) is 1.57. The fourth-order valence-corrected chi connectivity index (χ4v) is 5.20. The van der Waals surface area contributed by atoms with Gasteiger partial charge in [-0.25, -0.2) is 13.8 Å². The zero-order valence-electron chi connectivity index (χ0n) is 21.6. The number of aliphatic imine (C=N–C) groups is 1. The van der Waals surface area contributed by atoms with E-state index in [1.165, 1.54) is 12.1 Å². The van der Waals surface area contributed by atoms with Crippen LogP contribution in [0, 0.1) is 25.5 Å². The lowest BCUT2D eigenvalue weighted by molar-refractivity contribution is -0.137. The van der Waals surface area contributed by atoms with E-state index in [2.05, 4.69) is 9.80 Å². The third-order valence-corrected chi connectivity index (χ3v) is 7.15. The van der Waals surface area contributed by atoms with Crippen LogP contribution in [0.4, 0.5) is 25.8 Å². The fraction of sp³-hybridized carbons (Fsp3) is 0.310. The molecule has 0 radical (unpaired) electrons. The van der Waals surface area contributed by atoms with Crippen LogP contribution in [0.2, 0.25) is 0 Å². The zero-order chi connectivity index (χ0) is 27.0. The molecule has 1 unspecified atom stereocenters. The minimum atomic E-state index is -1.00. The lowest BCUT2D eigenvalue weighted by Crippen LogP contribution is -2.55. The fourth-order valence-electron chi connectivity index (χ4n) is 5.20. The standard InChI is InChI=1S/C29H30F2N4O3/c1-18-7-10-26(38-3)25(15-18)35-24(17-27(36)37)21-5-4-6-23(31)28(21)32-29(35)34-13-11-33(12-14-34)20-8-9-22(30)19(2)16-20/h4-10,15-16,24H,11-14,17H2,1-3H3,(H,36,37). The number of para-hydroxylation sites is 1. The molecule has 2 aliphatic rings. The van der Waals surface area contributed by atoms with Gasteiger partial charge in [0.15, 0.2) is 0 Å². The van der Waals surface area contributed by atoms with E-state index >= 15 is 4.39 Å². The second-order valence-corrected chi connectivity index (χ2v) is 9.66. The number of piperazine rings is 1. The van der Waals surface area contributed by atoms with Crippen LogP contribution in [0.15, 0.2) is 59.6 Å². The molecule has 3 aromatic carbocycles. The van der Waals surface area contributed by atoms with Crippen LogP contribution >= 0.6 is 0 Å². The monoisotopic (exact) mass is 520 g/mol. The van der Waals surface area contributed by atoms with E-state index in [1.54, 1.807) is 32.2 Å². The summed E-state index contributed by atoms with van der Waals surface area (Å²) in [5.74, 6) is -0.685. The van der Waals surface area contributed by atoms with E-state index < -0.39 is 17.8 Å². The number of guanidine groups is 1. The van der Waals surface area contributed by atoms with Gasteiger partial charge in [-0.2, -0.15) is 0 Å². The van der Waals surface area contributed by atoms with Crippen molar-refractivity contribution in [2.24, 2.45) is 4.99 Å². The number of nitrogens with zero attached hydrogens (tertiary/aromatic N) is 4. The summed E-state index contributed by atoms with van der Waals surface area (Å²) in [5, 5.41) is 9.87. The van der Waals surface area contributed by atoms with E-state index in [0.717, 1.165) is 11.3 Å².